The number of rotatable bonds is 3. The third-order valence-electron chi connectivity index (χ3n) is 2.21. The third kappa shape index (κ3) is 2.93. The van der Waals surface area contributed by atoms with Crippen LogP contribution < -0.4 is 10.5 Å². The lowest BCUT2D eigenvalue weighted by Crippen LogP contribution is -2.05. The van der Waals surface area contributed by atoms with Crippen LogP contribution in [0, 0.1) is 0 Å². The highest BCUT2D eigenvalue weighted by molar-refractivity contribution is 5.62. The standard InChI is InChI=1S/C13H15N3O/c1-9(2)17-11-5-3-10(4-6-11)12-7-13(14)16-8-15-12/h3-9H,1-2H3,(H2,14,15,16). The van der Waals surface area contributed by atoms with Gasteiger partial charge >= 0.3 is 0 Å². The first-order chi connectivity index (χ1) is 8.15. The van der Waals surface area contributed by atoms with Crippen molar-refractivity contribution in [2.75, 3.05) is 5.73 Å². The van der Waals surface area contributed by atoms with Crippen molar-refractivity contribution in [3.63, 3.8) is 0 Å². The predicted octanol–water partition coefficient (Wildman–Crippen LogP) is 2.51. The van der Waals surface area contributed by atoms with Crippen LogP contribution in [0.25, 0.3) is 11.3 Å². The Morgan fingerprint density at radius 1 is 1.12 bits per heavy atom. The molecule has 0 spiro atoms. The van der Waals surface area contributed by atoms with E-state index in [9.17, 15) is 0 Å². The Morgan fingerprint density at radius 3 is 2.41 bits per heavy atom. The van der Waals surface area contributed by atoms with E-state index >= 15 is 0 Å². The lowest BCUT2D eigenvalue weighted by Gasteiger charge is -2.09. The highest BCUT2D eigenvalue weighted by Crippen LogP contribution is 2.21. The summed E-state index contributed by atoms with van der Waals surface area (Å²) in [4.78, 5) is 8.03. The maximum Gasteiger partial charge on any atom is 0.127 e. The Balaban J connectivity index is 2.23. The SMILES string of the molecule is CC(C)Oc1ccc(-c2cc(N)ncn2)cc1. The van der Waals surface area contributed by atoms with Gasteiger partial charge in [-0.1, -0.05) is 0 Å². The van der Waals surface area contributed by atoms with E-state index in [1.807, 2.05) is 38.1 Å². The molecule has 0 saturated carbocycles. The summed E-state index contributed by atoms with van der Waals surface area (Å²) in [6, 6.07) is 9.51. The molecule has 1 aromatic heterocycles. The Morgan fingerprint density at radius 2 is 1.82 bits per heavy atom. The highest BCUT2D eigenvalue weighted by Gasteiger charge is 2.02. The van der Waals surface area contributed by atoms with Crippen molar-refractivity contribution in [1.29, 1.82) is 0 Å². The fourth-order valence-corrected chi connectivity index (χ4v) is 1.51. The number of ether oxygens (including phenoxy) is 1. The van der Waals surface area contributed by atoms with Crippen LogP contribution in [0.15, 0.2) is 36.7 Å². The average Bonchev–Trinajstić information content (AvgIpc) is 2.29. The normalized spacial score (nSPS) is 10.5. The van der Waals surface area contributed by atoms with Gasteiger partial charge in [0.05, 0.1) is 11.8 Å². The van der Waals surface area contributed by atoms with Gasteiger partial charge in [0.2, 0.25) is 0 Å². The van der Waals surface area contributed by atoms with Gasteiger partial charge in [-0.05, 0) is 38.1 Å². The largest absolute Gasteiger partial charge is 0.491 e. The van der Waals surface area contributed by atoms with E-state index in [0.29, 0.717) is 5.82 Å². The molecule has 2 rings (SSSR count). The molecule has 0 radical (unpaired) electrons. The number of aromatic nitrogens is 2. The second kappa shape index (κ2) is 4.82. The number of nitrogen functional groups attached to an aromatic ring is 1. The van der Waals surface area contributed by atoms with Crippen LogP contribution >= 0.6 is 0 Å². The summed E-state index contributed by atoms with van der Waals surface area (Å²) in [5.41, 5.74) is 7.43. The minimum Gasteiger partial charge on any atom is -0.491 e. The Hall–Kier alpha value is -2.10. The first kappa shape index (κ1) is 11.4. The number of anilines is 1. The van der Waals surface area contributed by atoms with Gasteiger partial charge in [0, 0.05) is 11.6 Å². The van der Waals surface area contributed by atoms with Crippen LogP contribution in [0.4, 0.5) is 5.82 Å². The molecule has 17 heavy (non-hydrogen) atoms. The topological polar surface area (TPSA) is 61.0 Å². The molecule has 0 aliphatic carbocycles. The molecule has 2 N–H and O–H groups in total. The summed E-state index contributed by atoms with van der Waals surface area (Å²) < 4.78 is 5.57. The monoisotopic (exact) mass is 229 g/mol. The molecule has 1 heterocycles. The number of hydrogen-bond acceptors (Lipinski definition) is 4. The molecular weight excluding hydrogens is 214 g/mol. The Labute approximate surface area is 100 Å². The van der Waals surface area contributed by atoms with Crippen molar-refractivity contribution >= 4 is 5.82 Å². The zero-order valence-electron chi connectivity index (χ0n) is 9.92. The van der Waals surface area contributed by atoms with Crippen molar-refractivity contribution in [2.45, 2.75) is 20.0 Å². The summed E-state index contributed by atoms with van der Waals surface area (Å²) >= 11 is 0. The number of nitrogens with zero attached hydrogens (tertiary/aromatic N) is 2. The van der Waals surface area contributed by atoms with E-state index in [4.69, 9.17) is 10.5 Å². The van der Waals surface area contributed by atoms with Gasteiger partial charge in [0.15, 0.2) is 0 Å². The summed E-state index contributed by atoms with van der Waals surface area (Å²) in [5, 5.41) is 0. The van der Waals surface area contributed by atoms with Crippen LogP contribution in [0.2, 0.25) is 0 Å². The molecule has 0 bridgehead atoms. The number of nitrogens with two attached hydrogens (primary N) is 1. The van der Waals surface area contributed by atoms with Gasteiger partial charge in [-0.25, -0.2) is 9.97 Å². The van der Waals surface area contributed by atoms with Gasteiger partial charge < -0.3 is 10.5 Å². The molecule has 2 aromatic rings. The first-order valence-electron chi connectivity index (χ1n) is 5.50. The Bertz CT molecular complexity index is 494. The molecule has 4 heteroatoms. The molecule has 1 aromatic carbocycles. The molecule has 0 fully saturated rings. The van der Waals surface area contributed by atoms with E-state index in [-0.39, 0.29) is 6.10 Å². The lowest BCUT2D eigenvalue weighted by molar-refractivity contribution is 0.242. The van der Waals surface area contributed by atoms with Crippen LogP contribution in [-0.2, 0) is 0 Å². The van der Waals surface area contributed by atoms with Crippen molar-refractivity contribution < 1.29 is 4.74 Å². The predicted molar refractivity (Wildman–Crippen MR) is 67.6 cm³/mol. The van der Waals surface area contributed by atoms with Crippen LogP contribution in [0.1, 0.15) is 13.8 Å². The quantitative estimate of drug-likeness (QED) is 0.878. The molecule has 88 valence electrons. The zero-order valence-corrected chi connectivity index (χ0v) is 9.92. The molecule has 0 amide bonds. The summed E-state index contributed by atoms with van der Waals surface area (Å²) in [7, 11) is 0. The van der Waals surface area contributed by atoms with E-state index in [1.165, 1.54) is 6.33 Å². The first-order valence-corrected chi connectivity index (χ1v) is 5.50. The van der Waals surface area contributed by atoms with Crippen LogP contribution in [-0.4, -0.2) is 16.1 Å². The number of hydrogen-bond donors (Lipinski definition) is 1. The molecule has 0 atom stereocenters. The molecular formula is C13H15N3O. The fourth-order valence-electron chi connectivity index (χ4n) is 1.51. The third-order valence-corrected chi connectivity index (χ3v) is 2.21. The lowest BCUT2D eigenvalue weighted by atomic mass is 10.1. The van der Waals surface area contributed by atoms with Gasteiger partial charge in [0.1, 0.15) is 17.9 Å². The smallest absolute Gasteiger partial charge is 0.127 e. The maximum atomic E-state index is 5.62. The van der Waals surface area contributed by atoms with Crippen LogP contribution in [0.3, 0.4) is 0 Å². The second-order valence-corrected chi connectivity index (χ2v) is 4.02. The van der Waals surface area contributed by atoms with Crippen molar-refractivity contribution in [3.8, 4) is 17.0 Å². The zero-order chi connectivity index (χ0) is 12.3. The Kier molecular flexibility index (Phi) is 3.23. The van der Waals surface area contributed by atoms with Crippen LogP contribution in [0.5, 0.6) is 5.75 Å². The minimum absolute atomic E-state index is 0.176. The van der Waals surface area contributed by atoms with E-state index in [0.717, 1.165) is 17.0 Å². The molecule has 0 aliphatic rings. The summed E-state index contributed by atoms with van der Waals surface area (Å²) in [6.45, 7) is 4.00. The summed E-state index contributed by atoms with van der Waals surface area (Å²) in [5.74, 6) is 1.32. The fraction of sp³-hybridized carbons (Fsp3) is 0.231. The van der Waals surface area contributed by atoms with E-state index in [1.54, 1.807) is 6.07 Å². The summed E-state index contributed by atoms with van der Waals surface area (Å²) in [6.07, 6.45) is 1.64. The maximum absolute atomic E-state index is 5.62. The van der Waals surface area contributed by atoms with Crippen molar-refractivity contribution in [1.82, 2.24) is 9.97 Å². The second-order valence-electron chi connectivity index (χ2n) is 4.02. The van der Waals surface area contributed by atoms with E-state index in [2.05, 4.69) is 9.97 Å². The molecule has 0 saturated heterocycles. The van der Waals surface area contributed by atoms with Gasteiger partial charge in [-0.3, -0.25) is 0 Å². The molecule has 4 nitrogen and oxygen atoms in total. The van der Waals surface area contributed by atoms with Crippen molar-refractivity contribution in [3.05, 3.63) is 36.7 Å². The van der Waals surface area contributed by atoms with Gasteiger partial charge in [-0.15, -0.1) is 0 Å². The minimum atomic E-state index is 0.176. The molecule has 0 aliphatic heterocycles. The van der Waals surface area contributed by atoms with Gasteiger partial charge in [-0.2, -0.15) is 0 Å². The van der Waals surface area contributed by atoms with Crippen molar-refractivity contribution in [2.24, 2.45) is 0 Å². The average molecular weight is 229 g/mol. The highest BCUT2D eigenvalue weighted by atomic mass is 16.5. The molecule has 0 unspecified atom stereocenters. The number of benzene rings is 1. The van der Waals surface area contributed by atoms with E-state index < -0.39 is 0 Å². The van der Waals surface area contributed by atoms with Gasteiger partial charge in [0.25, 0.3) is 0 Å².